The van der Waals surface area contributed by atoms with E-state index < -0.39 is 0 Å². The second-order valence-corrected chi connectivity index (χ2v) is 10.9. The summed E-state index contributed by atoms with van der Waals surface area (Å²) in [6.07, 6.45) is 2.10. The molecule has 2 aromatic rings. The second-order valence-electron chi connectivity index (χ2n) is 10.9. The lowest BCUT2D eigenvalue weighted by atomic mass is 9.94. The van der Waals surface area contributed by atoms with E-state index in [9.17, 15) is 9.59 Å². The van der Waals surface area contributed by atoms with Crippen molar-refractivity contribution in [2.24, 2.45) is 11.8 Å². The number of benzene rings is 1. The van der Waals surface area contributed by atoms with Crippen molar-refractivity contribution in [3.8, 4) is 11.5 Å². The van der Waals surface area contributed by atoms with E-state index in [0.29, 0.717) is 54.6 Å². The lowest BCUT2D eigenvalue weighted by molar-refractivity contribution is 0.0625. The number of aryl methyl sites for hydroxylation is 1. The van der Waals surface area contributed by atoms with E-state index >= 15 is 0 Å². The van der Waals surface area contributed by atoms with E-state index in [1.807, 2.05) is 23.6 Å². The number of hydrogen-bond donors (Lipinski definition) is 2. The minimum absolute atomic E-state index is 0.0231. The minimum Gasteiger partial charge on any atom is -0.493 e. The molecule has 2 aliphatic rings. The molecule has 2 atom stereocenters. The van der Waals surface area contributed by atoms with E-state index in [2.05, 4.69) is 10.5 Å². The van der Waals surface area contributed by atoms with Gasteiger partial charge in [-0.3, -0.25) is 4.79 Å². The number of ether oxygens (including phenoxy) is 3. The molecule has 220 valence electrons. The molecule has 1 aromatic heterocycles. The van der Waals surface area contributed by atoms with Crippen molar-refractivity contribution in [2.75, 3.05) is 46.5 Å². The molecule has 1 saturated carbocycles. The molecule has 11 heteroatoms. The van der Waals surface area contributed by atoms with Gasteiger partial charge in [0.25, 0.3) is 5.91 Å². The SMILES string of the molecule is COc1ccc(C(=O)N(C[C@@H]2CNC[C@H]2CN(C(=O)OCc2cc(C)on2)C2CC2)C(C)C)cc1OCCCO. The predicted molar refractivity (Wildman–Crippen MR) is 147 cm³/mol. The third-order valence-corrected chi connectivity index (χ3v) is 7.44. The molecule has 2 fully saturated rings. The van der Waals surface area contributed by atoms with Crippen LogP contribution in [0.2, 0.25) is 0 Å². The molecule has 2 heterocycles. The van der Waals surface area contributed by atoms with Crippen LogP contribution in [0.5, 0.6) is 11.5 Å². The van der Waals surface area contributed by atoms with Gasteiger partial charge in [0, 0.05) is 62.9 Å². The Morgan fingerprint density at radius 2 is 1.90 bits per heavy atom. The lowest BCUT2D eigenvalue weighted by Crippen LogP contribution is -2.45. The number of carbonyl (C=O) groups is 2. The highest BCUT2D eigenvalue weighted by molar-refractivity contribution is 5.95. The first-order chi connectivity index (χ1) is 19.3. The third kappa shape index (κ3) is 7.66. The number of nitrogens with one attached hydrogen (secondary N) is 1. The zero-order valence-electron chi connectivity index (χ0n) is 23.9. The van der Waals surface area contributed by atoms with Crippen LogP contribution in [0.4, 0.5) is 4.79 Å². The summed E-state index contributed by atoms with van der Waals surface area (Å²) in [5.74, 6) is 1.97. The summed E-state index contributed by atoms with van der Waals surface area (Å²) in [6.45, 7) is 8.93. The smallest absolute Gasteiger partial charge is 0.410 e. The molecule has 2 N–H and O–H groups in total. The van der Waals surface area contributed by atoms with Gasteiger partial charge in [0.05, 0.1) is 13.7 Å². The molecule has 1 aliphatic heterocycles. The highest BCUT2D eigenvalue weighted by Crippen LogP contribution is 2.32. The van der Waals surface area contributed by atoms with Crippen LogP contribution >= 0.6 is 0 Å². The molecule has 1 aliphatic carbocycles. The van der Waals surface area contributed by atoms with Gasteiger partial charge in [0.15, 0.2) is 11.5 Å². The number of methoxy groups -OCH3 is 1. The van der Waals surface area contributed by atoms with Crippen molar-refractivity contribution in [1.29, 1.82) is 0 Å². The van der Waals surface area contributed by atoms with E-state index in [1.165, 1.54) is 0 Å². The maximum atomic E-state index is 13.7. The van der Waals surface area contributed by atoms with Crippen molar-refractivity contribution in [2.45, 2.75) is 58.7 Å². The fraction of sp³-hybridized carbons (Fsp3) is 0.621. The molecule has 1 aromatic carbocycles. The number of rotatable bonds is 14. The molecule has 0 radical (unpaired) electrons. The molecular weight excluding hydrogens is 516 g/mol. The summed E-state index contributed by atoms with van der Waals surface area (Å²) in [4.78, 5) is 30.5. The van der Waals surface area contributed by atoms with Crippen LogP contribution in [0.1, 0.15) is 54.9 Å². The lowest BCUT2D eigenvalue weighted by Gasteiger charge is -2.33. The van der Waals surface area contributed by atoms with Crippen LogP contribution < -0.4 is 14.8 Å². The first-order valence-corrected chi connectivity index (χ1v) is 14.1. The standard InChI is InChI=1S/C29H42N4O7/c1-19(2)32(28(35)21-6-9-26(37-4)27(13-21)38-11-5-10-34)16-22-14-30-15-23(22)17-33(25-7-8-25)29(36)39-18-24-12-20(3)40-31-24/h6,9,12-13,19,22-23,25,30,34H,5,7-8,10-11,14-18H2,1-4H3/t22-,23-/m0/s1. The first kappa shape index (κ1) is 29.7. The van der Waals surface area contributed by atoms with Crippen LogP contribution in [-0.2, 0) is 11.3 Å². The predicted octanol–water partition coefficient (Wildman–Crippen LogP) is 3.24. The van der Waals surface area contributed by atoms with Crippen LogP contribution in [0, 0.1) is 18.8 Å². The van der Waals surface area contributed by atoms with Crippen molar-refractivity contribution in [3.63, 3.8) is 0 Å². The van der Waals surface area contributed by atoms with E-state index in [-0.39, 0.29) is 49.1 Å². The molecule has 0 unspecified atom stereocenters. The van der Waals surface area contributed by atoms with E-state index in [4.69, 9.17) is 23.8 Å². The van der Waals surface area contributed by atoms with Crippen LogP contribution in [0.25, 0.3) is 0 Å². The first-order valence-electron chi connectivity index (χ1n) is 14.1. The Bertz CT molecular complexity index is 1130. The Morgan fingerprint density at radius 3 is 2.52 bits per heavy atom. The number of nitrogens with zero attached hydrogens (tertiary/aromatic N) is 3. The molecular formula is C29H42N4O7. The average Bonchev–Trinajstić information content (AvgIpc) is 3.55. The number of amides is 2. The number of hydrogen-bond acceptors (Lipinski definition) is 9. The Balaban J connectivity index is 1.41. The monoisotopic (exact) mass is 558 g/mol. The number of aromatic nitrogens is 1. The molecule has 1 saturated heterocycles. The number of aliphatic hydroxyl groups excluding tert-OH is 1. The van der Waals surface area contributed by atoms with Gasteiger partial charge < -0.3 is 39.0 Å². The van der Waals surface area contributed by atoms with Crippen LogP contribution in [0.15, 0.2) is 28.8 Å². The van der Waals surface area contributed by atoms with Crippen molar-refractivity contribution >= 4 is 12.0 Å². The largest absolute Gasteiger partial charge is 0.493 e. The molecule has 0 spiro atoms. The Labute approximate surface area is 235 Å². The van der Waals surface area contributed by atoms with Crippen LogP contribution in [-0.4, -0.2) is 90.6 Å². The highest BCUT2D eigenvalue weighted by atomic mass is 16.6. The van der Waals surface area contributed by atoms with Crippen molar-refractivity contribution in [3.05, 3.63) is 41.3 Å². The van der Waals surface area contributed by atoms with Gasteiger partial charge in [-0.25, -0.2) is 4.79 Å². The topological polar surface area (TPSA) is 127 Å². The molecule has 40 heavy (non-hydrogen) atoms. The van der Waals surface area contributed by atoms with Gasteiger partial charge in [-0.15, -0.1) is 0 Å². The Kier molecular flexibility index (Phi) is 10.3. The molecule has 11 nitrogen and oxygen atoms in total. The second kappa shape index (κ2) is 13.8. The molecule has 2 amide bonds. The summed E-state index contributed by atoms with van der Waals surface area (Å²) in [5, 5.41) is 16.5. The van der Waals surface area contributed by atoms with Crippen molar-refractivity contribution < 1.29 is 33.4 Å². The van der Waals surface area contributed by atoms with Gasteiger partial charge in [-0.1, -0.05) is 5.16 Å². The average molecular weight is 559 g/mol. The van der Waals surface area contributed by atoms with Crippen LogP contribution in [0.3, 0.4) is 0 Å². The van der Waals surface area contributed by atoms with Gasteiger partial charge in [0.1, 0.15) is 18.1 Å². The number of carbonyl (C=O) groups excluding carboxylic acids is 2. The van der Waals surface area contributed by atoms with Gasteiger partial charge in [-0.2, -0.15) is 0 Å². The summed E-state index contributed by atoms with van der Waals surface area (Å²) in [5.41, 5.74) is 1.11. The third-order valence-electron chi connectivity index (χ3n) is 7.44. The maximum absolute atomic E-state index is 13.7. The van der Waals surface area contributed by atoms with Crippen molar-refractivity contribution in [1.82, 2.24) is 20.3 Å². The van der Waals surface area contributed by atoms with E-state index in [0.717, 1.165) is 25.9 Å². The van der Waals surface area contributed by atoms with E-state index in [1.54, 1.807) is 38.3 Å². The molecule has 4 rings (SSSR count). The fourth-order valence-corrected chi connectivity index (χ4v) is 5.05. The zero-order chi connectivity index (χ0) is 28.6. The number of aliphatic hydroxyl groups is 1. The maximum Gasteiger partial charge on any atom is 0.410 e. The fourth-order valence-electron chi connectivity index (χ4n) is 5.05. The van der Waals surface area contributed by atoms with Gasteiger partial charge in [0.2, 0.25) is 0 Å². The highest BCUT2D eigenvalue weighted by Gasteiger charge is 2.39. The molecule has 0 bridgehead atoms. The minimum atomic E-state index is -0.336. The Morgan fingerprint density at radius 1 is 1.15 bits per heavy atom. The quantitative estimate of drug-likeness (QED) is 0.336. The van der Waals surface area contributed by atoms with Gasteiger partial charge >= 0.3 is 6.09 Å². The summed E-state index contributed by atoms with van der Waals surface area (Å²) >= 11 is 0. The zero-order valence-corrected chi connectivity index (χ0v) is 23.9. The summed E-state index contributed by atoms with van der Waals surface area (Å²) in [6, 6.07) is 7.13. The normalized spacial score (nSPS) is 18.6. The van der Waals surface area contributed by atoms with Gasteiger partial charge in [-0.05, 0) is 63.6 Å². The summed E-state index contributed by atoms with van der Waals surface area (Å²) < 4.78 is 21.8. The Hall–Kier alpha value is -3.31. The summed E-state index contributed by atoms with van der Waals surface area (Å²) in [7, 11) is 1.55.